The quantitative estimate of drug-likeness (QED) is 0.281. The third kappa shape index (κ3) is 3.71. The molecular weight excluding hydrogens is 388 g/mol. The van der Waals surface area contributed by atoms with Gasteiger partial charge in [0, 0.05) is 10.6 Å². The molecule has 1 fully saturated rings. The van der Waals surface area contributed by atoms with E-state index in [2.05, 4.69) is 15.3 Å². The zero-order chi connectivity index (χ0) is 19.8. The number of aromatic amines is 1. The van der Waals surface area contributed by atoms with E-state index in [1.165, 1.54) is 25.0 Å². The van der Waals surface area contributed by atoms with Crippen LogP contribution in [-0.4, -0.2) is 27.6 Å². The summed E-state index contributed by atoms with van der Waals surface area (Å²) in [6, 6.07) is 7.08. The predicted molar refractivity (Wildman–Crippen MR) is 103 cm³/mol. The molecule has 1 heterocycles. The Morgan fingerprint density at radius 2 is 2.14 bits per heavy atom. The van der Waals surface area contributed by atoms with Gasteiger partial charge in [0.05, 0.1) is 17.7 Å². The minimum Gasteiger partial charge on any atom is -0.340 e. The van der Waals surface area contributed by atoms with Gasteiger partial charge in [0.25, 0.3) is 0 Å². The van der Waals surface area contributed by atoms with Gasteiger partial charge < -0.3 is 10.3 Å². The van der Waals surface area contributed by atoms with Gasteiger partial charge in [0.15, 0.2) is 17.5 Å². The molecule has 4 rings (SSSR count). The number of halogens is 3. The molecule has 0 amide bonds. The molecule has 2 aromatic carbocycles. The minimum absolute atomic E-state index is 0.0164. The summed E-state index contributed by atoms with van der Waals surface area (Å²) in [7, 11) is 0. The van der Waals surface area contributed by atoms with Crippen molar-refractivity contribution in [3.8, 4) is 0 Å². The second kappa shape index (κ2) is 7.46. The number of amidine groups is 1. The Bertz CT molecular complexity index is 1050. The third-order valence-corrected chi connectivity index (χ3v) is 4.89. The SMILES string of the molecule is N=C(c1cc(F)c(F)c2nc(CNCC3CC3)[nH]c12)N(O)c1cccc(Cl)c1. The van der Waals surface area contributed by atoms with Crippen molar-refractivity contribution >= 4 is 34.2 Å². The first-order chi connectivity index (χ1) is 13.4. The van der Waals surface area contributed by atoms with Crippen LogP contribution in [0.3, 0.4) is 0 Å². The second-order valence-electron chi connectivity index (χ2n) is 6.84. The fourth-order valence-electron chi connectivity index (χ4n) is 2.99. The molecule has 0 spiro atoms. The number of aromatic nitrogens is 2. The molecule has 3 aromatic rings. The van der Waals surface area contributed by atoms with Gasteiger partial charge in [0.1, 0.15) is 11.3 Å². The van der Waals surface area contributed by atoms with Crippen LogP contribution < -0.4 is 10.4 Å². The lowest BCUT2D eigenvalue weighted by atomic mass is 10.1. The normalized spacial score (nSPS) is 13.9. The number of imidazole rings is 1. The van der Waals surface area contributed by atoms with E-state index in [9.17, 15) is 14.0 Å². The first kappa shape index (κ1) is 18.8. The number of hydrogen-bond acceptors (Lipinski definition) is 4. The number of hydroxylamine groups is 1. The van der Waals surface area contributed by atoms with Crippen molar-refractivity contribution in [3.63, 3.8) is 0 Å². The molecular formula is C19H18ClF2N5O. The highest BCUT2D eigenvalue weighted by Crippen LogP contribution is 2.28. The van der Waals surface area contributed by atoms with Crippen molar-refractivity contribution in [2.75, 3.05) is 11.6 Å². The molecule has 1 aromatic heterocycles. The van der Waals surface area contributed by atoms with Gasteiger partial charge in [-0.25, -0.2) is 18.8 Å². The van der Waals surface area contributed by atoms with Crippen LogP contribution in [0.1, 0.15) is 24.2 Å². The molecule has 1 aliphatic carbocycles. The van der Waals surface area contributed by atoms with Crippen LogP contribution >= 0.6 is 11.6 Å². The predicted octanol–water partition coefficient (Wildman–Crippen LogP) is 4.22. The van der Waals surface area contributed by atoms with E-state index < -0.39 is 17.5 Å². The summed E-state index contributed by atoms with van der Waals surface area (Å²) in [5.41, 5.74) is 0.147. The number of nitrogens with zero attached hydrogens (tertiary/aromatic N) is 2. The topological polar surface area (TPSA) is 88.0 Å². The van der Waals surface area contributed by atoms with Crippen LogP contribution in [0.5, 0.6) is 0 Å². The fraction of sp³-hybridized carbons (Fsp3) is 0.263. The average Bonchev–Trinajstić information content (AvgIpc) is 3.40. The van der Waals surface area contributed by atoms with Crippen molar-refractivity contribution in [2.24, 2.45) is 5.92 Å². The van der Waals surface area contributed by atoms with Crippen LogP contribution in [0.4, 0.5) is 14.5 Å². The van der Waals surface area contributed by atoms with Gasteiger partial charge in [-0.3, -0.25) is 10.6 Å². The molecule has 28 heavy (non-hydrogen) atoms. The van der Waals surface area contributed by atoms with Crippen LogP contribution in [0, 0.1) is 23.0 Å². The van der Waals surface area contributed by atoms with E-state index in [4.69, 9.17) is 17.0 Å². The first-order valence-corrected chi connectivity index (χ1v) is 9.22. The molecule has 1 saturated carbocycles. The van der Waals surface area contributed by atoms with Gasteiger partial charge in [0.2, 0.25) is 0 Å². The zero-order valence-electron chi connectivity index (χ0n) is 14.8. The lowest BCUT2D eigenvalue weighted by molar-refractivity contribution is 0.312. The molecule has 0 radical (unpaired) electrons. The number of H-pyrrole nitrogens is 1. The summed E-state index contributed by atoms with van der Waals surface area (Å²) >= 11 is 5.92. The molecule has 9 heteroatoms. The van der Waals surface area contributed by atoms with Crippen molar-refractivity contribution in [1.82, 2.24) is 15.3 Å². The molecule has 0 unspecified atom stereocenters. The van der Waals surface area contributed by atoms with E-state index >= 15 is 0 Å². The van der Waals surface area contributed by atoms with Gasteiger partial charge in [-0.15, -0.1) is 0 Å². The number of rotatable bonds is 6. The van der Waals surface area contributed by atoms with Gasteiger partial charge >= 0.3 is 0 Å². The van der Waals surface area contributed by atoms with Crippen LogP contribution in [0.25, 0.3) is 11.0 Å². The van der Waals surface area contributed by atoms with E-state index in [0.717, 1.165) is 12.6 Å². The lowest BCUT2D eigenvalue weighted by Crippen LogP contribution is -2.27. The van der Waals surface area contributed by atoms with Gasteiger partial charge in [-0.05, 0) is 49.6 Å². The first-order valence-electron chi connectivity index (χ1n) is 8.85. The highest BCUT2D eigenvalue weighted by atomic mass is 35.5. The summed E-state index contributed by atoms with van der Waals surface area (Å²) in [5, 5.41) is 22.8. The van der Waals surface area contributed by atoms with Crippen molar-refractivity contribution in [1.29, 1.82) is 5.41 Å². The number of hydrogen-bond donors (Lipinski definition) is 4. The number of fused-ring (bicyclic) bond motifs is 1. The minimum atomic E-state index is -1.14. The fourth-order valence-corrected chi connectivity index (χ4v) is 3.17. The Kier molecular flexibility index (Phi) is 5.01. The summed E-state index contributed by atoms with van der Waals surface area (Å²) in [6.45, 7) is 1.21. The van der Waals surface area contributed by atoms with E-state index in [1.807, 2.05) is 0 Å². The molecule has 146 valence electrons. The highest BCUT2D eigenvalue weighted by molar-refractivity contribution is 6.31. The monoisotopic (exact) mass is 405 g/mol. The lowest BCUT2D eigenvalue weighted by Gasteiger charge is -2.18. The average molecular weight is 406 g/mol. The highest BCUT2D eigenvalue weighted by Gasteiger charge is 2.23. The van der Waals surface area contributed by atoms with Crippen molar-refractivity contribution in [3.05, 3.63) is 58.4 Å². The number of anilines is 1. The summed E-state index contributed by atoms with van der Waals surface area (Å²) in [5.74, 6) is -1.57. The number of benzene rings is 2. The van der Waals surface area contributed by atoms with Gasteiger partial charge in [-0.2, -0.15) is 0 Å². The molecule has 6 nitrogen and oxygen atoms in total. The zero-order valence-corrected chi connectivity index (χ0v) is 15.5. The Morgan fingerprint density at radius 1 is 1.36 bits per heavy atom. The van der Waals surface area contributed by atoms with Crippen LogP contribution in [0.2, 0.25) is 5.02 Å². The Balaban J connectivity index is 1.67. The molecule has 1 aliphatic rings. The Labute approximate surface area is 164 Å². The maximum atomic E-state index is 14.3. The van der Waals surface area contributed by atoms with Crippen LogP contribution in [0.15, 0.2) is 30.3 Å². The maximum Gasteiger partial charge on any atom is 0.186 e. The van der Waals surface area contributed by atoms with Crippen molar-refractivity contribution < 1.29 is 14.0 Å². The smallest absolute Gasteiger partial charge is 0.186 e. The van der Waals surface area contributed by atoms with Crippen LogP contribution in [-0.2, 0) is 6.54 Å². The standard InChI is InChI=1S/C19H18ClF2N5O/c20-11-2-1-3-12(6-11)27(28)19(23)13-7-14(21)16(22)18-17(13)25-15(26-18)9-24-8-10-4-5-10/h1-3,6-7,10,23-24,28H,4-5,8-9H2,(H,25,26). The summed E-state index contributed by atoms with van der Waals surface area (Å²) in [6.07, 6.45) is 2.40. The second-order valence-corrected chi connectivity index (χ2v) is 7.28. The van der Waals surface area contributed by atoms with E-state index in [-0.39, 0.29) is 22.3 Å². The molecule has 4 N–H and O–H groups in total. The summed E-state index contributed by atoms with van der Waals surface area (Å²) in [4.78, 5) is 7.07. The molecule has 0 aliphatic heterocycles. The Hall–Kier alpha value is -2.55. The number of nitrogens with one attached hydrogen (secondary N) is 3. The Morgan fingerprint density at radius 3 is 2.86 bits per heavy atom. The molecule has 0 bridgehead atoms. The third-order valence-electron chi connectivity index (χ3n) is 4.65. The largest absolute Gasteiger partial charge is 0.340 e. The van der Waals surface area contributed by atoms with Crippen molar-refractivity contribution in [2.45, 2.75) is 19.4 Å². The molecule has 0 saturated heterocycles. The summed E-state index contributed by atoms with van der Waals surface area (Å²) < 4.78 is 28.4. The van der Waals surface area contributed by atoms with Gasteiger partial charge in [-0.1, -0.05) is 17.7 Å². The van der Waals surface area contributed by atoms with E-state index in [0.29, 0.717) is 28.4 Å². The maximum absolute atomic E-state index is 14.3. The van der Waals surface area contributed by atoms with E-state index in [1.54, 1.807) is 12.1 Å². The molecule has 0 atom stereocenters.